The number of amides is 1. The van der Waals surface area contributed by atoms with E-state index in [4.69, 9.17) is 65.8 Å². The number of hydrogen-bond acceptors (Lipinski definition) is 17. The molecular formula is C56H65Cl2NO17Si. The number of alkyl halides is 2. The van der Waals surface area contributed by atoms with Crippen LogP contribution in [0.2, 0.25) is 25.7 Å². The van der Waals surface area contributed by atoms with Crippen LogP contribution in [0.5, 0.6) is 5.75 Å². The van der Waals surface area contributed by atoms with Crippen molar-refractivity contribution in [2.75, 3.05) is 32.1 Å². The second-order valence-electron chi connectivity index (χ2n) is 22.2. The zero-order valence-electron chi connectivity index (χ0n) is 44.4. The van der Waals surface area contributed by atoms with Gasteiger partial charge in [0.05, 0.1) is 37.2 Å². The number of ether oxygens (including phenoxy) is 9. The number of Topliss-reactive ketones (excluding diaryl/α,β-unsaturated/α-hetero) is 1. The molecule has 3 aromatic carbocycles. The summed E-state index contributed by atoms with van der Waals surface area (Å²) in [6.45, 7) is 13.4. The highest BCUT2D eigenvalue weighted by atomic mass is 35.5. The van der Waals surface area contributed by atoms with Crippen LogP contribution >= 0.6 is 23.2 Å². The van der Waals surface area contributed by atoms with Gasteiger partial charge in [0.15, 0.2) is 29.8 Å². The fraction of sp³-hybridized carbons (Fsp3) is 0.518. The summed E-state index contributed by atoms with van der Waals surface area (Å²) in [6, 6.07) is 22.8. The van der Waals surface area contributed by atoms with Crippen molar-refractivity contribution in [1.29, 1.82) is 0 Å². The van der Waals surface area contributed by atoms with Gasteiger partial charge in [-0.25, -0.2) is 14.4 Å². The van der Waals surface area contributed by atoms with Crippen molar-refractivity contribution in [3.8, 4) is 5.75 Å². The van der Waals surface area contributed by atoms with E-state index in [9.17, 15) is 29.1 Å². The maximum Gasteiger partial charge on any atom is 0.412 e. The molecular weight excluding hydrogens is 1060 g/mol. The molecule has 5 aliphatic rings. The van der Waals surface area contributed by atoms with Crippen LogP contribution in [0.15, 0.2) is 96.1 Å². The second kappa shape index (κ2) is 22.1. The average molecular weight is 1120 g/mol. The predicted molar refractivity (Wildman–Crippen MR) is 279 cm³/mol. The van der Waals surface area contributed by atoms with Crippen LogP contribution in [-0.2, 0) is 61.9 Å². The van der Waals surface area contributed by atoms with E-state index in [-0.39, 0.29) is 36.3 Å². The molecule has 2 saturated carbocycles. The van der Waals surface area contributed by atoms with Crippen molar-refractivity contribution in [1.82, 2.24) is 4.90 Å². The average Bonchev–Trinajstić information content (AvgIpc) is 3.83. The summed E-state index contributed by atoms with van der Waals surface area (Å²) in [4.78, 5) is 103. The number of hydrogen-bond donors (Lipinski definition) is 1. The van der Waals surface area contributed by atoms with Crippen molar-refractivity contribution < 1.29 is 81.3 Å². The lowest BCUT2D eigenvalue weighted by atomic mass is 9.44. The minimum absolute atomic E-state index is 0.0350. The lowest BCUT2D eigenvalue weighted by Gasteiger charge is -2.67. The Balaban J connectivity index is 1.32. The van der Waals surface area contributed by atoms with E-state index in [0.29, 0.717) is 22.9 Å². The molecule has 77 heavy (non-hydrogen) atoms. The van der Waals surface area contributed by atoms with E-state index in [1.54, 1.807) is 93.6 Å². The number of ketones is 1. The number of carbonyl (C=O) groups excluding carboxylic acids is 7. The third-order valence-electron chi connectivity index (χ3n) is 16.0. The maximum absolute atomic E-state index is 16.2. The third-order valence-corrected chi connectivity index (χ3v) is 18.2. The van der Waals surface area contributed by atoms with E-state index >= 15 is 9.59 Å². The molecule has 1 N–H and O–H groups in total. The smallest absolute Gasteiger partial charge is 0.412 e. The van der Waals surface area contributed by atoms with E-state index in [1.807, 2.05) is 0 Å². The zero-order valence-corrected chi connectivity index (χ0v) is 46.9. The van der Waals surface area contributed by atoms with Gasteiger partial charge in [-0.05, 0) is 60.9 Å². The number of aliphatic hydroxyl groups is 1. The van der Waals surface area contributed by atoms with Gasteiger partial charge in [0.1, 0.15) is 53.6 Å². The number of methoxy groups -OCH3 is 1. The fourth-order valence-corrected chi connectivity index (χ4v) is 12.9. The first-order valence-corrected chi connectivity index (χ1v) is 30.2. The first-order chi connectivity index (χ1) is 36.4. The molecule has 0 spiro atoms. The summed E-state index contributed by atoms with van der Waals surface area (Å²) in [5.74, 6) is -8.27. The Kier molecular flexibility index (Phi) is 16.5. The van der Waals surface area contributed by atoms with Crippen LogP contribution in [0.1, 0.15) is 81.2 Å². The molecule has 2 saturated heterocycles. The SMILES string of the molecule is COc1ccc(C2OC(C(=O)O[C@H]3C[C@@]4(O)C(OC(=O)c5ccccc5)C5[C@](C)(C(=O)C(OC(=O)CCl)C(=C3C)C4(C)C)[C@@H](OC(=O)CCl)C[C@H]3OC[C@@]53OC(C)=O)C(c3ccccc3)N2C(=O)OCC[Si](C)(C)C)cc1. The summed E-state index contributed by atoms with van der Waals surface area (Å²) < 4.78 is 55.6. The third kappa shape index (κ3) is 10.5. The van der Waals surface area contributed by atoms with E-state index in [0.717, 1.165) is 6.92 Å². The quantitative estimate of drug-likeness (QED) is 0.0503. The van der Waals surface area contributed by atoms with Gasteiger partial charge < -0.3 is 47.7 Å². The first kappa shape index (κ1) is 57.3. The lowest BCUT2D eigenvalue weighted by molar-refractivity contribution is -0.346. The van der Waals surface area contributed by atoms with Crippen LogP contribution < -0.4 is 4.74 Å². The predicted octanol–water partition coefficient (Wildman–Crippen LogP) is 7.84. The highest BCUT2D eigenvalue weighted by molar-refractivity contribution is 6.76. The Morgan fingerprint density at radius 3 is 2.03 bits per heavy atom. The molecule has 3 aliphatic carbocycles. The van der Waals surface area contributed by atoms with E-state index < -0.39 is 145 Å². The largest absolute Gasteiger partial charge is 0.497 e. The summed E-state index contributed by atoms with van der Waals surface area (Å²) >= 11 is 12.1. The van der Waals surface area contributed by atoms with Crippen molar-refractivity contribution in [3.05, 3.63) is 113 Å². The first-order valence-electron chi connectivity index (χ1n) is 25.4. The van der Waals surface area contributed by atoms with Crippen LogP contribution in [0.3, 0.4) is 0 Å². The van der Waals surface area contributed by atoms with Gasteiger partial charge in [0.25, 0.3) is 0 Å². The Bertz CT molecular complexity index is 2790. The lowest BCUT2D eigenvalue weighted by Crippen LogP contribution is -2.82. The van der Waals surface area contributed by atoms with Crippen LogP contribution in [0, 0.1) is 16.7 Å². The molecule has 8 rings (SSSR count). The molecule has 0 aromatic heterocycles. The van der Waals surface area contributed by atoms with Gasteiger partial charge in [0.2, 0.25) is 0 Å². The molecule has 21 heteroatoms. The van der Waals surface area contributed by atoms with Crippen molar-refractivity contribution in [3.63, 3.8) is 0 Å². The van der Waals surface area contributed by atoms with Crippen LogP contribution in [0.4, 0.5) is 4.79 Å². The molecule has 6 unspecified atom stereocenters. The van der Waals surface area contributed by atoms with E-state index in [1.165, 1.54) is 31.1 Å². The molecule has 2 aliphatic heterocycles. The minimum Gasteiger partial charge on any atom is -0.497 e. The number of fused-ring (bicyclic) bond motifs is 5. The number of nitrogens with zero attached hydrogens (tertiary/aromatic N) is 1. The molecule has 4 fully saturated rings. The van der Waals surface area contributed by atoms with E-state index in [2.05, 4.69) is 19.6 Å². The zero-order chi connectivity index (χ0) is 56.0. The number of benzene rings is 3. The Morgan fingerprint density at radius 2 is 1.45 bits per heavy atom. The monoisotopic (exact) mass is 1120 g/mol. The molecule has 12 atom stereocenters. The Labute approximate surface area is 457 Å². The molecule has 18 nitrogen and oxygen atoms in total. The minimum atomic E-state index is -2.49. The van der Waals surface area contributed by atoms with Crippen molar-refractivity contribution in [2.24, 2.45) is 16.7 Å². The van der Waals surface area contributed by atoms with Gasteiger partial charge in [0, 0.05) is 38.8 Å². The second-order valence-corrected chi connectivity index (χ2v) is 28.3. The number of rotatable bonds is 15. The van der Waals surface area contributed by atoms with Crippen molar-refractivity contribution >= 4 is 73.0 Å². The highest BCUT2D eigenvalue weighted by Crippen LogP contribution is 2.65. The topological polar surface area (TPSA) is 226 Å². The summed E-state index contributed by atoms with van der Waals surface area (Å²) in [7, 11) is -0.192. The fourth-order valence-electron chi connectivity index (χ4n) is 12.0. The molecule has 2 bridgehead atoms. The van der Waals surface area contributed by atoms with Crippen molar-refractivity contribution in [2.45, 2.75) is 133 Å². The van der Waals surface area contributed by atoms with Gasteiger partial charge in [-0.15, -0.1) is 23.2 Å². The normalized spacial score (nSPS) is 31.2. The number of carbonyl (C=O) groups is 7. The standard InChI is InChI=1S/C56H65Cl2NO17Si/c1-31-37(71-51(65)45-43(33-16-12-10-13-17-33)59(52(66)69-24-25-77(7,8)9)49(74-45)34-20-22-36(68-6)23-21-34)27-56(67)48(75-50(64)35-18-14-11-15-19-35)46-54(5,47(63)44(73-41(62)29-58)42(31)53(56,3)4)38(72-40(61)28-57)26-39-55(46,30-70-39)76-32(2)60/h10-23,37-39,43-46,48-49,67H,24-30H2,1-9H3/t37-,38-,39+,43?,44?,45?,46?,48?,49?,54+,55-,56+/m0/s1. The molecule has 0 radical (unpaired) electrons. The Hall–Kier alpha value is -5.83. The van der Waals surface area contributed by atoms with Gasteiger partial charge in [-0.2, -0.15) is 0 Å². The molecule has 1 amide bonds. The summed E-state index contributed by atoms with van der Waals surface area (Å²) in [5.41, 5.74) is -7.23. The summed E-state index contributed by atoms with van der Waals surface area (Å²) in [5, 5.41) is 14.2. The maximum atomic E-state index is 16.2. The number of esters is 5. The van der Waals surface area contributed by atoms with Crippen LogP contribution in [-0.4, -0.2) is 140 Å². The highest BCUT2D eigenvalue weighted by Gasteiger charge is 2.79. The summed E-state index contributed by atoms with van der Waals surface area (Å²) in [6.07, 6.45) is -12.4. The molecule has 3 aromatic rings. The molecule has 2 heterocycles. The van der Waals surface area contributed by atoms with Crippen LogP contribution in [0.25, 0.3) is 0 Å². The Morgan fingerprint density at radius 1 is 0.831 bits per heavy atom. The van der Waals surface area contributed by atoms with Gasteiger partial charge >= 0.3 is 35.9 Å². The molecule has 414 valence electrons. The van der Waals surface area contributed by atoms with Gasteiger partial charge in [-0.3, -0.25) is 24.1 Å². The van der Waals surface area contributed by atoms with Gasteiger partial charge in [-0.1, -0.05) is 94.2 Å². The number of halogens is 2.